The van der Waals surface area contributed by atoms with E-state index >= 15 is 0 Å². The number of hydrogen-bond acceptors (Lipinski definition) is 5. The van der Waals surface area contributed by atoms with Crippen LogP contribution >= 0.6 is 0 Å². The minimum Gasteiger partial charge on any atom is -0.479 e. The molecule has 1 unspecified atom stereocenters. The van der Waals surface area contributed by atoms with Gasteiger partial charge < -0.3 is 19.7 Å². The quantitative estimate of drug-likeness (QED) is 0.641. The number of rotatable bonds is 8. The Hall–Kier alpha value is -3.79. The van der Waals surface area contributed by atoms with Gasteiger partial charge in [-0.3, -0.25) is 9.59 Å². The van der Waals surface area contributed by atoms with Crippen molar-refractivity contribution in [3.63, 3.8) is 0 Å². The van der Waals surface area contributed by atoms with Crippen LogP contribution in [0.2, 0.25) is 0 Å². The smallest absolute Gasteiger partial charge is 0.263 e. The van der Waals surface area contributed by atoms with E-state index in [1.165, 1.54) is 6.08 Å². The minimum absolute atomic E-state index is 0.0177. The highest BCUT2D eigenvalue weighted by molar-refractivity contribution is 6.05. The van der Waals surface area contributed by atoms with E-state index in [0.717, 1.165) is 18.4 Å². The molecule has 0 aromatic heterocycles. The van der Waals surface area contributed by atoms with E-state index in [9.17, 15) is 9.59 Å². The second-order valence-electron chi connectivity index (χ2n) is 7.39. The molecule has 0 radical (unpaired) electrons. The molecule has 0 aliphatic carbocycles. The average Bonchev–Trinajstić information content (AvgIpc) is 2.84. The van der Waals surface area contributed by atoms with Crippen LogP contribution in [0, 0.1) is 11.3 Å². The van der Waals surface area contributed by atoms with Crippen LogP contribution in [0.3, 0.4) is 0 Å². The summed E-state index contributed by atoms with van der Waals surface area (Å²) in [5.74, 6) is 0.626. The number of hydrogen-bond donors (Lipinski definition) is 1. The first kappa shape index (κ1) is 22.9. The summed E-state index contributed by atoms with van der Waals surface area (Å²) in [6, 6.07) is 16.3. The highest BCUT2D eigenvalue weighted by Gasteiger charge is 2.33. The van der Waals surface area contributed by atoms with Gasteiger partial charge in [-0.2, -0.15) is 5.26 Å². The fourth-order valence-electron chi connectivity index (χ4n) is 3.41. The van der Waals surface area contributed by atoms with Crippen LogP contribution in [-0.2, 0) is 9.59 Å². The fourth-order valence-corrected chi connectivity index (χ4v) is 3.41. The lowest BCUT2D eigenvalue weighted by Gasteiger charge is -2.34. The standard InChI is InChI=1S/C25H27N3O4/c1-3-19(4-2)27-25(30)23-17-28(21-7-5-6-8-22(21)32-23)24(29)14-11-18-9-12-20(13-10-18)31-16-15-26/h5-14,19,23H,3-4,16-17H2,1-2H3,(H,27,30)/b14-11+. The molecule has 1 atom stereocenters. The van der Waals surface area contributed by atoms with E-state index in [0.29, 0.717) is 17.2 Å². The monoisotopic (exact) mass is 433 g/mol. The highest BCUT2D eigenvalue weighted by Crippen LogP contribution is 2.33. The molecule has 0 saturated heterocycles. The Labute approximate surface area is 188 Å². The van der Waals surface area contributed by atoms with Gasteiger partial charge in [0, 0.05) is 12.1 Å². The number of ether oxygens (including phenoxy) is 2. The highest BCUT2D eigenvalue weighted by atomic mass is 16.5. The zero-order chi connectivity index (χ0) is 22.9. The van der Waals surface area contributed by atoms with Gasteiger partial charge in [0.25, 0.3) is 11.8 Å². The Bertz CT molecular complexity index is 1010. The Balaban J connectivity index is 1.74. The molecule has 1 aliphatic heterocycles. The molecule has 2 amide bonds. The van der Waals surface area contributed by atoms with E-state index < -0.39 is 6.10 Å². The minimum atomic E-state index is -0.778. The number of amides is 2. The Morgan fingerprint density at radius 1 is 1.22 bits per heavy atom. The van der Waals surface area contributed by atoms with Crippen molar-refractivity contribution >= 4 is 23.6 Å². The van der Waals surface area contributed by atoms with Crippen LogP contribution in [0.5, 0.6) is 11.5 Å². The largest absolute Gasteiger partial charge is 0.479 e. The number of nitrogens with zero attached hydrogens (tertiary/aromatic N) is 2. The molecule has 1 heterocycles. The number of carbonyl (C=O) groups excluding carboxylic acids is 2. The zero-order valence-corrected chi connectivity index (χ0v) is 18.3. The fraction of sp³-hybridized carbons (Fsp3) is 0.320. The van der Waals surface area contributed by atoms with Crippen molar-refractivity contribution in [3.05, 3.63) is 60.2 Å². The van der Waals surface area contributed by atoms with Crippen molar-refractivity contribution in [2.75, 3.05) is 18.1 Å². The molecule has 0 bridgehead atoms. The SMILES string of the molecule is CCC(CC)NC(=O)C1CN(C(=O)/C=C/c2ccc(OCC#N)cc2)c2ccccc2O1. The Kier molecular flexibility index (Phi) is 7.87. The topological polar surface area (TPSA) is 91.7 Å². The van der Waals surface area contributed by atoms with Crippen molar-refractivity contribution in [3.8, 4) is 17.6 Å². The third kappa shape index (κ3) is 5.67. The van der Waals surface area contributed by atoms with Crippen molar-refractivity contribution in [2.45, 2.75) is 38.8 Å². The number of nitriles is 1. The molecular weight excluding hydrogens is 406 g/mol. The van der Waals surface area contributed by atoms with Gasteiger partial charge in [-0.05, 0) is 48.7 Å². The molecule has 3 rings (SSSR count). The van der Waals surface area contributed by atoms with Crippen molar-refractivity contribution < 1.29 is 19.1 Å². The summed E-state index contributed by atoms with van der Waals surface area (Å²) in [6.07, 6.45) is 4.06. The molecule has 7 nitrogen and oxygen atoms in total. The summed E-state index contributed by atoms with van der Waals surface area (Å²) in [4.78, 5) is 27.4. The number of carbonyl (C=O) groups is 2. The van der Waals surface area contributed by atoms with E-state index in [2.05, 4.69) is 5.32 Å². The number of para-hydroxylation sites is 2. The lowest BCUT2D eigenvalue weighted by molar-refractivity contribution is -0.129. The third-order valence-corrected chi connectivity index (χ3v) is 5.27. The van der Waals surface area contributed by atoms with E-state index in [1.54, 1.807) is 47.4 Å². The van der Waals surface area contributed by atoms with Crippen LogP contribution in [0.4, 0.5) is 5.69 Å². The van der Waals surface area contributed by atoms with Crippen LogP contribution in [0.25, 0.3) is 6.08 Å². The van der Waals surface area contributed by atoms with Crippen LogP contribution in [0.15, 0.2) is 54.6 Å². The number of anilines is 1. The Morgan fingerprint density at radius 3 is 2.62 bits per heavy atom. The van der Waals surface area contributed by atoms with E-state index in [4.69, 9.17) is 14.7 Å². The van der Waals surface area contributed by atoms with Gasteiger partial charge in [0.15, 0.2) is 12.7 Å². The maximum atomic E-state index is 13.0. The maximum absolute atomic E-state index is 13.0. The molecule has 166 valence electrons. The molecule has 2 aromatic rings. The van der Waals surface area contributed by atoms with Crippen LogP contribution in [0.1, 0.15) is 32.3 Å². The van der Waals surface area contributed by atoms with Crippen molar-refractivity contribution in [1.29, 1.82) is 5.26 Å². The van der Waals surface area contributed by atoms with E-state index in [-0.39, 0.29) is 31.0 Å². The average molecular weight is 434 g/mol. The number of nitrogens with one attached hydrogen (secondary N) is 1. The first-order chi connectivity index (χ1) is 15.5. The molecular formula is C25H27N3O4. The summed E-state index contributed by atoms with van der Waals surface area (Å²) >= 11 is 0. The van der Waals surface area contributed by atoms with Crippen LogP contribution in [-0.4, -0.2) is 37.1 Å². The number of benzene rings is 2. The maximum Gasteiger partial charge on any atom is 0.263 e. The van der Waals surface area contributed by atoms with Gasteiger partial charge in [-0.15, -0.1) is 0 Å². The van der Waals surface area contributed by atoms with Gasteiger partial charge >= 0.3 is 0 Å². The van der Waals surface area contributed by atoms with Gasteiger partial charge in [-0.25, -0.2) is 0 Å². The third-order valence-electron chi connectivity index (χ3n) is 5.27. The first-order valence-electron chi connectivity index (χ1n) is 10.7. The zero-order valence-electron chi connectivity index (χ0n) is 18.3. The lowest BCUT2D eigenvalue weighted by Crippen LogP contribution is -2.52. The lowest BCUT2D eigenvalue weighted by atomic mass is 10.1. The molecule has 0 fully saturated rings. The molecule has 7 heteroatoms. The second-order valence-corrected chi connectivity index (χ2v) is 7.39. The predicted molar refractivity (Wildman–Crippen MR) is 122 cm³/mol. The normalized spacial score (nSPS) is 15.1. The molecule has 2 aromatic carbocycles. The number of fused-ring (bicyclic) bond motifs is 1. The predicted octanol–water partition coefficient (Wildman–Crippen LogP) is 3.70. The molecule has 0 spiro atoms. The van der Waals surface area contributed by atoms with Crippen molar-refractivity contribution in [1.82, 2.24) is 5.32 Å². The molecule has 1 N–H and O–H groups in total. The van der Waals surface area contributed by atoms with Gasteiger partial charge in [0.2, 0.25) is 0 Å². The summed E-state index contributed by atoms with van der Waals surface area (Å²) < 4.78 is 11.1. The summed E-state index contributed by atoms with van der Waals surface area (Å²) in [6.45, 7) is 4.16. The molecule has 32 heavy (non-hydrogen) atoms. The molecule has 0 saturated carbocycles. The van der Waals surface area contributed by atoms with E-state index in [1.807, 2.05) is 32.0 Å². The summed E-state index contributed by atoms with van der Waals surface area (Å²) in [5.41, 5.74) is 1.45. The van der Waals surface area contributed by atoms with Gasteiger partial charge in [-0.1, -0.05) is 38.1 Å². The van der Waals surface area contributed by atoms with Gasteiger partial charge in [0.1, 0.15) is 17.6 Å². The second kappa shape index (κ2) is 11.0. The summed E-state index contributed by atoms with van der Waals surface area (Å²) in [5, 5.41) is 11.6. The Morgan fingerprint density at radius 2 is 1.94 bits per heavy atom. The van der Waals surface area contributed by atoms with Crippen LogP contribution < -0.4 is 19.7 Å². The molecule has 1 aliphatic rings. The van der Waals surface area contributed by atoms with Gasteiger partial charge in [0.05, 0.1) is 12.2 Å². The summed E-state index contributed by atoms with van der Waals surface area (Å²) in [7, 11) is 0. The first-order valence-corrected chi connectivity index (χ1v) is 10.7. The van der Waals surface area contributed by atoms with Crippen molar-refractivity contribution in [2.24, 2.45) is 0 Å².